The number of ether oxygens (including phenoxy) is 4. The second kappa shape index (κ2) is 19.2. The first-order chi connectivity index (χ1) is 20.5. The van der Waals surface area contributed by atoms with Crippen LogP contribution in [0.3, 0.4) is 0 Å². The van der Waals surface area contributed by atoms with Crippen molar-refractivity contribution in [2.75, 3.05) is 19.8 Å². The van der Waals surface area contributed by atoms with E-state index in [2.05, 4.69) is 18.9 Å². The minimum Gasteiger partial charge on any atom is -0.456 e. The predicted molar refractivity (Wildman–Crippen MR) is 157 cm³/mol. The fraction of sp³-hybridized carbons (Fsp3) is 0.862. The molecule has 5 atom stereocenters. The topological polar surface area (TPSA) is 156 Å². The van der Waals surface area contributed by atoms with Gasteiger partial charge in [-0.05, 0) is 12.8 Å². The number of amides is 1. The number of nitrogens with zero attached hydrogens (tertiary/aromatic N) is 1. The maximum absolute atomic E-state index is 14.2. The Morgan fingerprint density at radius 2 is 1.19 bits per heavy atom. The molecule has 248 valence electrons. The SMILES string of the molecule is CCCCCCCCOP(=O)(N[C@@H]1C(OC(C)=O)C(OC(C)=O)[C@H](OC(C)=O)C2COC(=O)N21)OCCCCCCCC. The van der Waals surface area contributed by atoms with Gasteiger partial charge in [0, 0.05) is 20.8 Å². The summed E-state index contributed by atoms with van der Waals surface area (Å²) in [6.07, 6.45) is 5.68. The summed E-state index contributed by atoms with van der Waals surface area (Å²) < 4.78 is 47.6. The van der Waals surface area contributed by atoms with Crippen molar-refractivity contribution in [3.05, 3.63) is 0 Å². The van der Waals surface area contributed by atoms with Crippen LogP contribution in [-0.4, -0.2) is 79.2 Å². The summed E-state index contributed by atoms with van der Waals surface area (Å²) in [5.74, 6) is -2.21. The van der Waals surface area contributed by atoms with Crippen molar-refractivity contribution in [2.24, 2.45) is 0 Å². The Kier molecular flexibility index (Phi) is 16.5. The van der Waals surface area contributed by atoms with E-state index in [9.17, 15) is 23.7 Å². The molecule has 2 aliphatic heterocycles. The van der Waals surface area contributed by atoms with Crippen LogP contribution in [0.2, 0.25) is 0 Å². The molecule has 0 aromatic carbocycles. The van der Waals surface area contributed by atoms with Gasteiger partial charge < -0.3 is 18.9 Å². The highest BCUT2D eigenvalue weighted by Gasteiger charge is 2.60. The van der Waals surface area contributed by atoms with Crippen LogP contribution >= 0.6 is 7.75 Å². The summed E-state index contributed by atoms with van der Waals surface area (Å²) in [4.78, 5) is 50.5. The number of carbonyl (C=O) groups is 4. The number of nitrogens with one attached hydrogen (secondary N) is 1. The smallest absolute Gasteiger partial charge is 0.411 e. The van der Waals surface area contributed by atoms with Crippen LogP contribution in [-0.2, 0) is 46.9 Å². The Morgan fingerprint density at radius 3 is 1.67 bits per heavy atom. The summed E-state index contributed by atoms with van der Waals surface area (Å²) in [6.45, 7) is 7.80. The Morgan fingerprint density at radius 1 is 0.744 bits per heavy atom. The van der Waals surface area contributed by atoms with E-state index in [0.29, 0.717) is 12.8 Å². The Balaban J connectivity index is 2.32. The Hall–Kier alpha value is -2.21. The lowest BCUT2D eigenvalue weighted by Gasteiger charge is -2.47. The monoisotopic (exact) mass is 634 g/mol. The van der Waals surface area contributed by atoms with E-state index < -0.39 is 62.3 Å². The number of esters is 3. The van der Waals surface area contributed by atoms with Crippen molar-refractivity contribution < 1.29 is 51.7 Å². The molecule has 0 aromatic rings. The van der Waals surface area contributed by atoms with E-state index >= 15 is 0 Å². The molecule has 2 aliphatic rings. The van der Waals surface area contributed by atoms with E-state index in [4.69, 9.17) is 28.0 Å². The summed E-state index contributed by atoms with van der Waals surface area (Å²) in [7, 11) is -4.11. The minimum absolute atomic E-state index is 0.134. The highest BCUT2D eigenvalue weighted by molar-refractivity contribution is 7.51. The molecule has 0 bridgehead atoms. The zero-order valence-corrected chi connectivity index (χ0v) is 27.3. The van der Waals surface area contributed by atoms with Crippen LogP contribution in [0.25, 0.3) is 0 Å². The highest BCUT2D eigenvalue weighted by atomic mass is 31.2. The van der Waals surface area contributed by atoms with E-state index in [0.717, 1.165) is 83.0 Å². The lowest BCUT2D eigenvalue weighted by atomic mass is 9.92. The van der Waals surface area contributed by atoms with Crippen LogP contribution in [0.1, 0.15) is 112 Å². The number of unbranched alkanes of at least 4 members (excludes halogenated alkanes) is 10. The van der Waals surface area contributed by atoms with Gasteiger partial charge >= 0.3 is 31.7 Å². The first-order valence-corrected chi connectivity index (χ1v) is 17.2. The molecule has 14 heteroatoms. The number of hydrogen-bond donors (Lipinski definition) is 1. The van der Waals surface area contributed by atoms with Crippen molar-refractivity contribution in [3.63, 3.8) is 0 Å². The predicted octanol–water partition coefficient (Wildman–Crippen LogP) is 5.39. The Labute approximate surface area is 255 Å². The second-order valence-electron chi connectivity index (χ2n) is 11.0. The van der Waals surface area contributed by atoms with Gasteiger partial charge in [-0.3, -0.25) is 28.3 Å². The molecule has 2 rings (SSSR count). The van der Waals surface area contributed by atoms with Gasteiger partial charge in [0.15, 0.2) is 18.3 Å². The van der Waals surface area contributed by atoms with E-state index in [1.807, 2.05) is 0 Å². The highest BCUT2D eigenvalue weighted by Crippen LogP contribution is 2.47. The van der Waals surface area contributed by atoms with E-state index in [1.54, 1.807) is 0 Å². The maximum atomic E-state index is 14.2. The lowest BCUT2D eigenvalue weighted by Crippen LogP contribution is -2.71. The molecule has 2 heterocycles. The number of piperidine rings is 1. The summed E-state index contributed by atoms with van der Waals surface area (Å²) in [5.41, 5.74) is 0. The van der Waals surface area contributed by atoms with Gasteiger partial charge in [0.05, 0.1) is 13.2 Å². The zero-order chi connectivity index (χ0) is 31.8. The third-order valence-corrected chi connectivity index (χ3v) is 8.92. The molecule has 0 radical (unpaired) electrons. The van der Waals surface area contributed by atoms with Crippen molar-refractivity contribution in [1.82, 2.24) is 9.99 Å². The largest absolute Gasteiger partial charge is 0.456 e. The molecule has 3 unspecified atom stereocenters. The summed E-state index contributed by atoms with van der Waals surface area (Å²) in [5, 5.41) is 2.82. The molecule has 2 fully saturated rings. The maximum Gasteiger partial charge on any atom is 0.411 e. The standard InChI is InChI=1S/C29H51N2O11P/c1-6-8-10-12-14-16-18-38-43(36,39-19-17-15-13-11-9-7-2)30-28-27(42-23(5)34)26(41-22(4)33)25(40-21(3)32)24-20-37-29(35)31(24)28/h24-28H,6-20H2,1-5H3,(H,30,36)/t24?,25-,26?,27?,28+/m1/s1. The molecule has 0 saturated carbocycles. The summed E-state index contributed by atoms with van der Waals surface area (Å²) >= 11 is 0. The number of cyclic esters (lactones) is 1. The molecule has 0 spiro atoms. The third-order valence-electron chi connectivity index (χ3n) is 7.30. The van der Waals surface area contributed by atoms with Crippen LogP contribution < -0.4 is 5.09 Å². The average molecular weight is 635 g/mol. The van der Waals surface area contributed by atoms with E-state index in [-0.39, 0.29) is 19.8 Å². The number of rotatable bonds is 21. The van der Waals surface area contributed by atoms with Crippen molar-refractivity contribution >= 4 is 31.7 Å². The number of carbonyl (C=O) groups excluding carboxylic acids is 4. The molecule has 0 aromatic heterocycles. The second-order valence-corrected chi connectivity index (χ2v) is 12.8. The number of hydrogen-bond acceptors (Lipinski definition) is 11. The van der Waals surface area contributed by atoms with Gasteiger partial charge in [-0.2, -0.15) is 5.09 Å². The molecule has 1 amide bonds. The van der Waals surface area contributed by atoms with Crippen LogP contribution in [0.5, 0.6) is 0 Å². The fourth-order valence-electron chi connectivity index (χ4n) is 5.29. The third kappa shape index (κ3) is 12.4. The van der Waals surface area contributed by atoms with Crippen molar-refractivity contribution in [1.29, 1.82) is 0 Å². The van der Waals surface area contributed by atoms with Crippen LogP contribution in [0.15, 0.2) is 0 Å². The first kappa shape index (κ1) is 37.0. The molecule has 43 heavy (non-hydrogen) atoms. The number of fused-ring (bicyclic) bond motifs is 1. The zero-order valence-electron chi connectivity index (χ0n) is 26.4. The minimum atomic E-state index is -4.11. The average Bonchev–Trinajstić information content (AvgIpc) is 3.32. The molecule has 1 N–H and O–H groups in total. The summed E-state index contributed by atoms with van der Waals surface area (Å²) in [6, 6.07) is -0.935. The molecular formula is C29H51N2O11P. The van der Waals surface area contributed by atoms with Crippen molar-refractivity contribution in [3.8, 4) is 0 Å². The van der Waals surface area contributed by atoms with Gasteiger partial charge in [0.1, 0.15) is 18.8 Å². The van der Waals surface area contributed by atoms with Gasteiger partial charge in [0.2, 0.25) is 0 Å². The molecular weight excluding hydrogens is 583 g/mol. The quantitative estimate of drug-likeness (QED) is 0.0744. The van der Waals surface area contributed by atoms with Crippen LogP contribution in [0, 0.1) is 0 Å². The van der Waals surface area contributed by atoms with Crippen molar-refractivity contribution in [2.45, 2.75) is 142 Å². The van der Waals surface area contributed by atoms with Gasteiger partial charge in [0.25, 0.3) is 0 Å². The molecule has 2 saturated heterocycles. The van der Waals surface area contributed by atoms with Gasteiger partial charge in [-0.1, -0.05) is 78.1 Å². The van der Waals surface area contributed by atoms with Gasteiger partial charge in [-0.25, -0.2) is 9.36 Å². The van der Waals surface area contributed by atoms with E-state index in [1.165, 1.54) is 6.92 Å². The first-order valence-electron chi connectivity index (χ1n) is 15.7. The van der Waals surface area contributed by atoms with Crippen LogP contribution in [0.4, 0.5) is 4.79 Å². The fourth-order valence-corrected chi connectivity index (χ4v) is 6.85. The van der Waals surface area contributed by atoms with Gasteiger partial charge in [-0.15, -0.1) is 0 Å². The molecule has 0 aliphatic carbocycles. The normalized spacial score (nSPS) is 23.4. The Bertz CT molecular complexity index is 927. The lowest BCUT2D eigenvalue weighted by molar-refractivity contribution is -0.207. The molecule has 13 nitrogen and oxygen atoms in total.